The minimum absolute atomic E-state index is 0. The van der Waals surface area contributed by atoms with Gasteiger partial charge in [-0.1, -0.05) is 13.3 Å². The van der Waals surface area contributed by atoms with E-state index in [0.29, 0.717) is 6.04 Å². The van der Waals surface area contributed by atoms with Crippen LogP contribution >= 0.6 is 24.8 Å². The fourth-order valence-corrected chi connectivity index (χ4v) is 2.31. The van der Waals surface area contributed by atoms with Crippen molar-refractivity contribution in [2.75, 3.05) is 20.2 Å². The van der Waals surface area contributed by atoms with E-state index < -0.39 is 0 Å². The van der Waals surface area contributed by atoms with Crippen LogP contribution in [0.5, 0.6) is 5.75 Å². The number of halogens is 2. The summed E-state index contributed by atoms with van der Waals surface area (Å²) in [5.41, 5.74) is 0. The average molecular weight is 293 g/mol. The summed E-state index contributed by atoms with van der Waals surface area (Å²) >= 11 is 0. The molecule has 3 nitrogen and oxygen atoms in total. The zero-order valence-corrected chi connectivity index (χ0v) is 12.5. The average Bonchev–Trinajstić information content (AvgIpc) is 2.69. The van der Waals surface area contributed by atoms with Gasteiger partial charge in [-0.05, 0) is 31.5 Å². The molecule has 1 aliphatic rings. The molecule has 2 heterocycles. The first-order chi connectivity index (χ1) is 7.79. The molecule has 1 aromatic heterocycles. The second kappa shape index (κ2) is 8.57. The van der Waals surface area contributed by atoms with Gasteiger partial charge in [0.1, 0.15) is 12.4 Å². The molecular formula is C13H22Cl2N2O. The van der Waals surface area contributed by atoms with E-state index in [1.807, 2.05) is 12.1 Å². The molecule has 0 aromatic carbocycles. The van der Waals surface area contributed by atoms with E-state index in [4.69, 9.17) is 4.74 Å². The Morgan fingerprint density at radius 2 is 2.22 bits per heavy atom. The SMILES string of the molecule is CC[C@H]1CC(COc2cccnc2)N(C)C1.Cl.Cl. The van der Waals surface area contributed by atoms with Crippen molar-refractivity contribution in [3.63, 3.8) is 0 Å². The normalized spacial score (nSPS) is 23.0. The molecule has 1 saturated heterocycles. The third-order valence-electron chi connectivity index (χ3n) is 3.43. The molecule has 1 aromatic rings. The largest absolute Gasteiger partial charge is 0.490 e. The fraction of sp³-hybridized carbons (Fsp3) is 0.615. The summed E-state index contributed by atoms with van der Waals surface area (Å²) in [5.74, 6) is 1.71. The summed E-state index contributed by atoms with van der Waals surface area (Å²) in [6, 6.07) is 4.42. The topological polar surface area (TPSA) is 25.4 Å². The van der Waals surface area contributed by atoms with Gasteiger partial charge in [-0.2, -0.15) is 0 Å². The molecule has 18 heavy (non-hydrogen) atoms. The van der Waals surface area contributed by atoms with Crippen LogP contribution in [0.15, 0.2) is 24.5 Å². The van der Waals surface area contributed by atoms with Crippen molar-refractivity contribution in [3.8, 4) is 5.75 Å². The van der Waals surface area contributed by atoms with E-state index in [9.17, 15) is 0 Å². The third kappa shape index (κ3) is 4.63. The Hall–Kier alpha value is -0.510. The molecule has 2 atom stereocenters. The molecule has 0 saturated carbocycles. The standard InChI is InChI=1S/C13H20N2O.2ClH/c1-3-11-7-12(15(2)9-11)10-16-13-5-4-6-14-8-13;;/h4-6,8,11-12H,3,7,9-10H2,1-2H3;2*1H/t11-,12?;;/m0../s1. The quantitative estimate of drug-likeness (QED) is 0.853. The fourth-order valence-electron chi connectivity index (χ4n) is 2.31. The second-order valence-electron chi connectivity index (χ2n) is 4.60. The van der Waals surface area contributed by atoms with Crippen LogP contribution in [-0.4, -0.2) is 36.1 Å². The van der Waals surface area contributed by atoms with E-state index in [1.54, 1.807) is 12.4 Å². The maximum Gasteiger partial charge on any atom is 0.137 e. The number of pyridine rings is 1. The molecule has 0 N–H and O–H groups in total. The number of nitrogens with zero attached hydrogens (tertiary/aromatic N) is 2. The minimum Gasteiger partial charge on any atom is -0.490 e. The van der Waals surface area contributed by atoms with Crippen LogP contribution in [-0.2, 0) is 0 Å². The lowest BCUT2D eigenvalue weighted by molar-refractivity contribution is 0.198. The van der Waals surface area contributed by atoms with Crippen LogP contribution < -0.4 is 4.74 Å². The second-order valence-corrected chi connectivity index (χ2v) is 4.60. The minimum atomic E-state index is 0. The van der Waals surface area contributed by atoms with Gasteiger partial charge >= 0.3 is 0 Å². The summed E-state index contributed by atoms with van der Waals surface area (Å²) in [7, 11) is 2.19. The Bertz CT molecular complexity index is 324. The highest BCUT2D eigenvalue weighted by Gasteiger charge is 2.28. The van der Waals surface area contributed by atoms with Gasteiger partial charge in [0.05, 0.1) is 6.20 Å². The summed E-state index contributed by atoms with van der Waals surface area (Å²) in [5, 5.41) is 0. The molecule has 0 aliphatic carbocycles. The van der Waals surface area contributed by atoms with Gasteiger partial charge in [0, 0.05) is 18.8 Å². The molecule has 1 fully saturated rings. The lowest BCUT2D eigenvalue weighted by Gasteiger charge is -2.19. The van der Waals surface area contributed by atoms with Crippen LogP contribution in [0, 0.1) is 5.92 Å². The maximum absolute atomic E-state index is 5.75. The van der Waals surface area contributed by atoms with Gasteiger partial charge in [-0.3, -0.25) is 9.88 Å². The molecule has 0 spiro atoms. The molecule has 0 amide bonds. The molecule has 1 aliphatic heterocycles. The van der Waals surface area contributed by atoms with Crippen molar-refractivity contribution < 1.29 is 4.74 Å². The molecule has 0 radical (unpaired) electrons. The number of rotatable bonds is 4. The number of likely N-dealkylation sites (N-methyl/N-ethyl adjacent to an activating group) is 1. The molecular weight excluding hydrogens is 271 g/mol. The van der Waals surface area contributed by atoms with Crippen molar-refractivity contribution in [1.29, 1.82) is 0 Å². The highest BCUT2D eigenvalue weighted by Crippen LogP contribution is 2.24. The van der Waals surface area contributed by atoms with Crippen molar-refractivity contribution in [2.24, 2.45) is 5.92 Å². The lowest BCUT2D eigenvalue weighted by atomic mass is 10.0. The Morgan fingerprint density at radius 3 is 2.78 bits per heavy atom. The summed E-state index contributed by atoms with van der Waals surface area (Å²) in [6.45, 7) is 4.25. The maximum atomic E-state index is 5.75. The van der Waals surface area contributed by atoms with Crippen LogP contribution in [0.1, 0.15) is 19.8 Å². The van der Waals surface area contributed by atoms with Crippen LogP contribution in [0.4, 0.5) is 0 Å². The number of aromatic nitrogens is 1. The van der Waals surface area contributed by atoms with E-state index >= 15 is 0 Å². The van der Waals surface area contributed by atoms with E-state index in [0.717, 1.165) is 18.3 Å². The summed E-state index contributed by atoms with van der Waals surface area (Å²) in [6.07, 6.45) is 6.06. The smallest absolute Gasteiger partial charge is 0.137 e. The number of likely N-dealkylation sites (tertiary alicyclic amines) is 1. The van der Waals surface area contributed by atoms with Crippen LogP contribution in [0.3, 0.4) is 0 Å². The Morgan fingerprint density at radius 1 is 1.44 bits per heavy atom. The first-order valence-corrected chi connectivity index (χ1v) is 6.02. The predicted molar refractivity (Wildman–Crippen MR) is 79.0 cm³/mol. The van der Waals surface area contributed by atoms with Crippen LogP contribution in [0.25, 0.3) is 0 Å². The van der Waals surface area contributed by atoms with E-state index in [2.05, 4.69) is 23.9 Å². The van der Waals surface area contributed by atoms with Gasteiger partial charge in [0.15, 0.2) is 0 Å². The first kappa shape index (κ1) is 17.5. The van der Waals surface area contributed by atoms with Crippen LogP contribution in [0.2, 0.25) is 0 Å². The molecule has 1 unspecified atom stereocenters. The predicted octanol–water partition coefficient (Wildman–Crippen LogP) is 3.03. The lowest BCUT2D eigenvalue weighted by Crippen LogP contribution is -2.30. The van der Waals surface area contributed by atoms with Gasteiger partial charge in [0.25, 0.3) is 0 Å². The highest BCUT2D eigenvalue weighted by atomic mass is 35.5. The molecule has 2 rings (SSSR count). The van der Waals surface area contributed by atoms with E-state index in [-0.39, 0.29) is 24.8 Å². The summed E-state index contributed by atoms with van der Waals surface area (Å²) in [4.78, 5) is 6.45. The highest BCUT2D eigenvalue weighted by molar-refractivity contribution is 5.85. The Balaban J connectivity index is 0.00000144. The third-order valence-corrected chi connectivity index (χ3v) is 3.43. The monoisotopic (exact) mass is 292 g/mol. The number of hydrogen-bond donors (Lipinski definition) is 0. The Labute approximate surface area is 122 Å². The van der Waals surface area contributed by atoms with Crippen molar-refractivity contribution in [1.82, 2.24) is 9.88 Å². The van der Waals surface area contributed by atoms with Crippen molar-refractivity contribution >= 4 is 24.8 Å². The van der Waals surface area contributed by atoms with Gasteiger partial charge < -0.3 is 4.74 Å². The molecule has 0 bridgehead atoms. The van der Waals surface area contributed by atoms with Crippen molar-refractivity contribution in [2.45, 2.75) is 25.8 Å². The zero-order valence-electron chi connectivity index (χ0n) is 10.9. The van der Waals surface area contributed by atoms with Gasteiger partial charge in [-0.15, -0.1) is 24.8 Å². The van der Waals surface area contributed by atoms with Gasteiger partial charge in [0.2, 0.25) is 0 Å². The van der Waals surface area contributed by atoms with Crippen molar-refractivity contribution in [3.05, 3.63) is 24.5 Å². The first-order valence-electron chi connectivity index (χ1n) is 6.02. The summed E-state index contributed by atoms with van der Waals surface area (Å²) < 4.78 is 5.75. The number of ether oxygens (including phenoxy) is 1. The van der Waals surface area contributed by atoms with Gasteiger partial charge in [-0.25, -0.2) is 0 Å². The number of hydrogen-bond acceptors (Lipinski definition) is 3. The molecule has 5 heteroatoms. The molecule has 104 valence electrons. The Kier molecular flexibility index (Phi) is 8.32. The zero-order chi connectivity index (χ0) is 11.4. The van der Waals surface area contributed by atoms with E-state index in [1.165, 1.54) is 19.4 Å².